The first-order chi connectivity index (χ1) is 9.93. The highest BCUT2D eigenvalue weighted by molar-refractivity contribution is 7.99. The van der Waals surface area contributed by atoms with E-state index >= 15 is 0 Å². The van der Waals surface area contributed by atoms with Gasteiger partial charge in [0.1, 0.15) is 6.61 Å². The molecule has 0 radical (unpaired) electrons. The molecule has 1 N–H and O–H groups in total. The van der Waals surface area contributed by atoms with Crippen LogP contribution in [-0.4, -0.2) is 31.4 Å². The number of aliphatic hydroxyl groups excluding tert-OH is 1. The fourth-order valence-electron chi connectivity index (χ4n) is 2.43. The summed E-state index contributed by atoms with van der Waals surface area (Å²) in [5.74, 6) is 0.887. The first-order valence-corrected chi connectivity index (χ1v) is 7.65. The second-order valence-electron chi connectivity index (χ2n) is 5.10. The van der Waals surface area contributed by atoms with E-state index in [1.54, 1.807) is 11.6 Å². The molecule has 0 atom stereocenters. The molecule has 1 aromatic carbocycles. The summed E-state index contributed by atoms with van der Waals surface area (Å²) < 4.78 is 1.70. The van der Waals surface area contributed by atoms with Gasteiger partial charge in [0.25, 0.3) is 0 Å². The van der Waals surface area contributed by atoms with Gasteiger partial charge in [-0.05, 0) is 31.9 Å². The fourth-order valence-corrected chi connectivity index (χ4v) is 3.23. The number of rotatable bonds is 5. The Morgan fingerprint density at radius 1 is 1.24 bits per heavy atom. The molecule has 0 bridgehead atoms. The maximum absolute atomic E-state index is 12.4. The third-order valence-electron chi connectivity index (χ3n) is 3.35. The van der Waals surface area contributed by atoms with Crippen molar-refractivity contribution in [3.63, 3.8) is 0 Å². The Morgan fingerprint density at radius 2 is 1.86 bits per heavy atom. The van der Waals surface area contributed by atoms with Crippen molar-refractivity contribution in [3.8, 4) is 0 Å². The van der Waals surface area contributed by atoms with E-state index in [4.69, 9.17) is 5.11 Å². The van der Waals surface area contributed by atoms with Gasteiger partial charge >= 0.3 is 0 Å². The van der Waals surface area contributed by atoms with Crippen LogP contribution in [0.25, 0.3) is 0 Å². The van der Waals surface area contributed by atoms with Crippen LogP contribution in [-0.2, 0) is 13.7 Å². The average molecular weight is 305 g/mol. The molecule has 0 aliphatic carbocycles. The van der Waals surface area contributed by atoms with Gasteiger partial charge in [0.05, 0.1) is 5.75 Å². The second-order valence-corrected chi connectivity index (χ2v) is 6.04. The molecule has 0 amide bonds. The van der Waals surface area contributed by atoms with Crippen LogP contribution in [0.5, 0.6) is 0 Å². The molecular weight excluding hydrogens is 286 g/mol. The number of hydrogen-bond acceptors (Lipinski definition) is 5. The van der Waals surface area contributed by atoms with Crippen molar-refractivity contribution in [2.75, 3.05) is 5.75 Å². The van der Waals surface area contributed by atoms with Crippen LogP contribution in [0, 0.1) is 20.8 Å². The molecule has 0 saturated carbocycles. The van der Waals surface area contributed by atoms with Gasteiger partial charge in [-0.2, -0.15) is 0 Å². The smallest absolute Gasteiger partial charge is 0.191 e. The Labute approximate surface area is 128 Å². The number of nitrogens with zero attached hydrogens (tertiary/aromatic N) is 3. The zero-order chi connectivity index (χ0) is 15.6. The lowest BCUT2D eigenvalue weighted by molar-refractivity contribution is 0.102. The quantitative estimate of drug-likeness (QED) is 0.677. The van der Waals surface area contributed by atoms with Crippen LogP contribution in [0.3, 0.4) is 0 Å². The van der Waals surface area contributed by atoms with Gasteiger partial charge in [0, 0.05) is 12.6 Å². The van der Waals surface area contributed by atoms with E-state index in [1.165, 1.54) is 11.8 Å². The van der Waals surface area contributed by atoms with E-state index in [0.29, 0.717) is 16.7 Å². The molecule has 2 rings (SSSR count). The Hall–Kier alpha value is -1.66. The molecular formula is C15H19N3O2S. The van der Waals surface area contributed by atoms with Crippen LogP contribution < -0.4 is 0 Å². The van der Waals surface area contributed by atoms with Gasteiger partial charge in [-0.15, -0.1) is 10.2 Å². The number of thioether (sulfide) groups is 1. The number of hydrogen-bond donors (Lipinski definition) is 1. The first kappa shape index (κ1) is 15.7. The largest absolute Gasteiger partial charge is 0.388 e. The van der Waals surface area contributed by atoms with E-state index < -0.39 is 0 Å². The maximum atomic E-state index is 12.4. The van der Waals surface area contributed by atoms with E-state index in [9.17, 15) is 4.79 Å². The molecule has 0 aliphatic heterocycles. The molecule has 0 unspecified atom stereocenters. The van der Waals surface area contributed by atoms with E-state index in [2.05, 4.69) is 10.2 Å². The van der Waals surface area contributed by atoms with Gasteiger partial charge in [-0.1, -0.05) is 29.5 Å². The lowest BCUT2D eigenvalue weighted by Gasteiger charge is -2.10. The van der Waals surface area contributed by atoms with Gasteiger partial charge < -0.3 is 9.67 Å². The Kier molecular flexibility index (Phi) is 4.80. The van der Waals surface area contributed by atoms with Gasteiger partial charge in [-0.25, -0.2) is 0 Å². The minimum absolute atomic E-state index is 0.0866. The molecule has 0 spiro atoms. The molecule has 21 heavy (non-hydrogen) atoms. The predicted molar refractivity (Wildman–Crippen MR) is 82.6 cm³/mol. The first-order valence-electron chi connectivity index (χ1n) is 6.67. The number of aryl methyl sites for hydroxylation is 3. The molecule has 5 nitrogen and oxygen atoms in total. The van der Waals surface area contributed by atoms with Crippen molar-refractivity contribution < 1.29 is 9.90 Å². The number of ketones is 1. The van der Waals surface area contributed by atoms with Crippen molar-refractivity contribution in [1.29, 1.82) is 0 Å². The zero-order valence-corrected chi connectivity index (χ0v) is 13.5. The number of aliphatic hydroxyl groups is 1. The van der Waals surface area contributed by atoms with Crippen molar-refractivity contribution in [3.05, 3.63) is 40.2 Å². The summed E-state index contributed by atoms with van der Waals surface area (Å²) in [7, 11) is 1.78. The molecule has 6 heteroatoms. The minimum Gasteiger partial charge on any atom is -0.388 e. The van der Waals surface area contributed by atoms with Crippen molar-refractivity contribution >= 4 is 17.5 Å². The SMILES string of the molecule is Cc1cc(C)c(C(=O)CSc2nnc(CO)n2C)c(C)c1. The highest BCUT2D eigenvalue weighted by atomic mass is 32.2. The summed E-state index contributed by atoms with van der Waals surface area (Å²) in [6.07, 6.45) is 0. The summed E-state index contributed by atoms with van der Waals surface area (Å²) in [5, 5.41) is 17.6. The standard InChI is InChI=1S/C15H19N3O2S/c1-9-5-10(2)14(11(3)6-9)12(20)8-21-15-17-16-13(7-19)18(15)4/h5-6,19H,7-8H2,1-4H3. The summed E-state index contributed by atoms with van der Waals surface area (Å²) in [6.45, 7) is 5.79. The van der Waals surface area contributed by atoms with Crippen LogP contribution in [0.2, 0.25) is 0 Å². The normalized spacial score (nSPS) is 10.9. The second kappa shape index (κ2) is 6.41. The maximum Gasteiger partial charge on any atom is 0.191 e. The van der Waals surface area contributed by atoms with Crippen LogP contribution >= 0.6 is 11.8 Å². The summed E-state index contributed by atoms with van der Waals surface area (Å²) >= 11 is 1.34. The van der Waals surface area contributed by atoms with E-state index in [0.717, 1.165) is 22.3 Å². The molecule has 112 valence electrons. The lowest BCUT2D eigenvalue weighted by atomic mass is 9.97. The minimum atomic E-state index is -0.159. The molecule has 1 aromatic heterocycles. The van der Waals surface area contributed by atoms with Gasteiger partial charge in [-0.3, -0.25) is 4.79 Å². The monoisotopic (exact) mass is 305 g/mol. The molecule has 2 aromatic rings. The Morgan fingerprint density at radius 3 is 2.38 bits per heavy atom. The fraction of sp³-hybridized carbons (Fsp3) is 0.400. The van der Waals surface area contributed by atoms with Crippen molar-refractivity contribution in [2.45, 2.75) is 32.5 Å². The van der Waals surface area contributed by atoms with E-state index in [-0.39, 0.29) is 12.4 Å². The molecule has 0 saturated heterocycles. The third-order valence-corrected chi connectivity index (χ3v) is 4.37. The molecule has 1 heterocycles. The number of benzene rings is 1. The van der Waals surface area contributed by atoms with Gasteiger partial charge in [0.15, 0.2) is 16.8 Å². The average Bonchev–Trinajstić information content (AvgIpc) is 2.75. The lowest BCUT2D eigenvalue weighted by Crippen LogP contribution is -2.09. The van der Waals surface area contributed by atoms with Crippen molar-refractivity contribution in [1.82, 2.24) is 14.8 Å². The number of aromatic nitrogens is 3. The van der Waals surface area contributed by atoms with Gasteiger partial charge in [0.2, 0.25) is 0 Å². The summed E-state index contributed by atoms with van der Waals surface area (Å²) in [4.78, 5) is 12.4. The molecule has 0 aliphatic rings. The predicted octanol–water partition coefficient (Wildman–Crippen LogP) is 2.21. The Bertz CT molecular complexity index is 657. The zero-order valence-electron chi connectivity index (χ0n) is 12.7. The number of carbonyl (C=O) groups excluding carboxylic acids is 1. The van der Waals surface area contributed by atoms with Crippen LogP contribution in [0.4, 0.5) is 0 Å². The number of carbonyl (C=O) groups is 1. The summed E-state index contributed by atoms with van der Waals surface area (Å²) in [6, 6.07) is 4.05. The highest BCUT2D eigenvalue weighted by Gasteiger charge is 2.15. The van der Waals surface area contributed by atoms with Crippen LogP contribution in [0.1, 0.15) is 32.9 Å². The van der Waals surface area contributed by atoms with E-state index in [1.807, 2.05) is 32.9 Å². The topological polar surface area (TPSA) is 68.0 Å². The van der Waals surface area contributed by atoms with Crippen LogP contribution in [0.15, 0.2) is 17.3 Å². The number of Topliss-reactive ketones (excluding diaryl/α,β-unsaturated/α-hetero) is 1. The third kappa shape index (κ3) is 3.33. The summed E-state index contributed by atoms with van der Waals surface area (Å²) in [5.41, 5.74) is 3.96. The highest BCUT2D eigenvalue weighted by Crippen LogP contribution is 2.21. The molecule has 0 fully saturated rings. The van der Waals surface area contributed by atoms with Crippen molar-refractivity contribution in [2.24, 2.45) is 7.05 Å². The Balaban J connectivity index is 2.14.